The van der Waals surface area contributed by atoms with Crippen LogP contribution < -0.4 is 5.32 Å². The highest BCUT2D eigenvalue weighted by Gasteiger charge is 2.12. The molecule has 4 nitrogen and oxygen atoms in total. The van der Waals surface area contributed by atoms with Gasteiger partial charge in [0.05, 0.1) is 12.0 Å². The van der Waals surface area contributed by atoms with Crippen molar-refractivity contribution >= 4 is 28.9 Å². The molecule has 2 rings (SSSR count). The van der Waals surface area contributed by atoms with Gasteiger partial charge in [0.1, 0.15) is 0 Å². The lowest BCUT2D eigenvalue weighted by molar-refractivity contribution is -0.136. The highest BCUT2D eigenvalue weighted by Crippen LogP contribution is 2.22. The zero-order valence-corrected chi connectivity index (χ0v) is 12.1. The Morgan fingerprint density at radius 1 is 1.25 bits per heavy atom. The molecular formula is C15H15NO3S. The molecule has 104 valence electrons. The van der Waals surface area contributed by atoms with Crippen LogP contribution in [0.4, 0.5) is 5.69 Å². The van der Waals surface area contributed by atoms with Crippen LogP contribution in [0.15, 0.2) is 30.3 Å². The summed E-state index contributed by atoms with van der Waals surface area (Å²) >= 11 is 1.58. The summed E-state index contributed by atoms with van der Waals surface area (Å²) in [5.41, 5.74) is 1.93. The molecule has 2 N–H and O–H groups in total. The predicted molar refractivity (Wildman–Crippen MR) is 79.5 cm³/mol. The van der Waals surface area contributed by atoms with Crippen LogP contribution >= 0.6 is 11.3 Å². The summed E-state index contributed by atoms with van der Waals surface area (Å²) < 4.78 is 0. The summed E-state index contributed by atoms with van der Waals surface area (Å²) in [6, 6.07) is 8.75. The predicted octanol–water partition coefficient (Wildman–Crippen LogP) is 3.24. The van der Waals surface area contributed by atoms with Crippen molar-refractivity contribution in [3.8, 4) is 0 Å². The van der Waals surface area contributed by atoms with Crippen molar-refractivity contribution in [1.82, 2.24) is 0 Å². The van der Waals surface area contributed by atoms with Crippen LogP contribution in [0.5, 0.6) is 0 Å². The summed E-state index contributed by atoms with van der Waals surface area (Å²) in [4.78, 5) is 24.9. The molecule has 1 amide bonds. The second-order valence-corrected chi connectivity index (χ2v) is 6.01. The normalized spacial score (nSPS) is 10.3. The van der Waals surface area contributed by atoms with Crippen LogP contribution in [-0.2, 0) is 11.2 Å². The van der Waals surface area contributed by atoms with Gasteiger partial charge >= 0.3 is 5.97 Å². The van der Waals surface area contributed by atoms with Crippen LogP contribution in [0.2, 0.25) is 0 Å². The van der Waals surface area contributed by atoms with Crippen molar-refractivity contribution in [3.05, 3.63) is 51.2 Å². The Kier molecular flexibility index (Phi) is 4.20. The summed E-state index contributed by atoms with van der Waals surface area (Å²) in [5, 5.41) is 11.6. The van der Waals surface area contributed by atoms with E-state index >= 15 is 0 Å². The number of thiophene rings is 1. The van der Waals surface area contributed by atoms with E-state index in [2.05, 4.69) is 5.32 Å². The summed E-state index contributed by atoms with van der Waals surface area (Å²) in [6.45, 7) is 3.87. The molecule has 0 radical (unpaired) electrons. The van der Waals surface area contributed by atoms with E-state index in [0.29, 0.717) is 16.8 Å². The first-order valence-corrected chi connectivity index (χ1v) is 6.96. The van der Waals surface area contributed by atoms with Crippen LogP contribution in [0.1, 0.15) is 25.7 Å². The van der Waals surface area contributed by atoms with Crippen LogP contribution in [-0.4, -0.2) is 17.0 Å². The molecule has 0 bridgehead atoms. The SMILES string of the molecule is Cc1cc(C(=O)Nc2cccc(CC(=O)O)c2)c(C)s1. The van der Waals surface area contributed by atoms with E-state index in [1.165, 1.54) is 0 Å². The number of aliphatic carboxylic acids is 1. The van der Waals surface area contributed by atoms with E-state index in [-0.39, 0.29) is 12.3 Å². The number of benzene rings is 1. The third-order valence-electron chi connectivity index (χ3n) is 2.83. The van der Waals surface area contributed by atoms with Crippen molar-refractivity contribution in [2.45, 2.75) is 20.3 Å². The minimum absolute atomic E-state index is 0.0553. The fraction of sp³-hybridized carbons (Fsp3) is 0.200. The van der Waals surface area contributed by atoms with E-state index in [0.717, 1.165) is 9.75 Å². The monoisotopic (exact) mass is 289 g/mol. The van der Waals surface area contributed by atoms with Crippen molar-refractivity contribution < 1.29 is 14.7 Å². The third-order valence-corrected chi connectivity index (χ3v) is 3.79. The van der Waals surface area contributed by atoms with E-state index in [1.807, 2.05) is 19.9 Å². The van der Waals surface area contributed by atoms with Gasteiger partial charge < -0.3 is 10.4 Å². The van der Waals surface area contributed by atoms with Crippen molar-refractivity contribution in [1.29, 1.82) is 0 Å². The second-order valence-electron chi connectivity index (χ2n) is 4.55. The van der Waals surface area contributed by atoms with Gasteiger partial charge in [-0.3, -0.25) is 9.59 Å². The molecule has 0 fully saturated rings. The maximum absolute atomic E-state index is 12.2. The maximum atomic E-state index is 12.2. The lowest BCUT2D eigenvalue weighted by Gasteiger charge is -2.06. The number of carbonyl (C=O) groups is 2. The molecule has 0 unspecified atom stereocenters. The van der Waals surface area contributed by atoms with Crippen LogP contribution in [0.3, 0.4) is 0 Å². The molecule has 2 aromatic rings. The van der Waals surface area contributed by atoms with Gasteiger partial charge in [-0.15, -0.1) is 11.3 Å². The van der Waals surface area contributed by atoms with Gasteiger partial charge in [-0.1, -0.05) is 12.1 Å². The number of carboxylic acids is 1. The van der Waals surface area contributed by atoms with Crippen molar-refractivity contribution in [2.24, 2.45) is 0 Å². The Balaban J connectivity index is 2.15. The van der Waals surface area contributed by atoms with E-state index in [1.54, 1.807) is 35.6 Å². The largest absolute Gasteiger partial charge is 0.481 e. The van der Waals surface area contributed by atoms with Gasteiger partial charge in [0.25, 0.3) is 5.91 Å². The Labute approximate surface area is 121 Å². The minimum Gasteiger partial charge on any atom is -0.481 e. The van der Waals surface area contributed by atoms with Gasteiger partial charge in [0.15, 0.2) is 0 Å². The average Bonchev–Trinajstić information content (AvgIpc) is 2.68. The van der Waals surface area contributed by atoms with Gasteiger partial charge in [0, 0.05) is 15.4 Å². The number of amides is 1. The molecule has 0 spiro atoms. The number of carboxylic acid groups (broad SMARTS) is 1. The van der Waals surface area contributed by atoms with Gasteiger partial charge in [-0.25, -0.2) is 0 Å². The first-order valence-electron chi connectivity index (χ1n) is 6.15. The molecule has 0 aliphatic heterocycles. The second kappa shape index (κ2) is 5.88. The number of anilines is 1. The quantitative estimate of drug-likeness (QED) is 0.908. The standard InChI is InChI=1S/C15H15NO3S/c1-9-6-13(10(2)20-9)15(19)16-12-5-3-4-11(7-12)8-14(17)18/h3-7H,8H2,1-2H3,(H,16,19)(H,17,18). The van der Waals surface area contributed by atoms with Gasteiger partial charge in [-0.2, -0.15) is 0 Å². The lowest BCUT2D eigenvalue weighted by atomic mass is 10.1. The van der Waals surface area contributed by atoms with Crippen LogP contribution in [0, 0.1) is 13.8 Å². The van der Waals surface area contributed by atoms with E-state index < -0.39 is 5.97 Å². The Morgan fingerprint density at radius 2 is 2.00 bits per heavy atom. The molecular weight excluding hydrogens is 274 g/mol. The molecule has 0 aliphatic rings. The maximum Gasteiger partial charge on any atom is 0.307 e. The van der Waals surface area contributed by atoms with E-state index in [9.17, 15) is 9.59 Å². The first-order chi connectivity index (χ1) is 9.45. The highest BCUT2D eigenvalue weighted by molar-refractivity contribution is 7.12. The highest BCUT2D eigenvalue weighted by atomic mass is 32.1. The number of aryl methyl sites for hydroxylation is 2. The fourth-order valence-corrected chi connectivity index (χ4v) is 2.91. The van der Waals surface area contributed by atoms with Crippen molar-refractivity contribution in [3.63, 3.8) is 0 Å². The Morgan fingerprint density at radius 3 is 2.60 bits per heavy atom. The lowest BCUT2D eigenvalue weighted by Crippen LogP contribution is -2.12. The van der Waals surface area contributed by atoms with Crippen LogP contribution in [0.25, 0.3) is 0 Å². The number of carbonyl (C=O) groups excluding carboxylic acids is 1. The molecule has 0 saturated carbocycles. The fourth-order valence-electron chi connectivity index (χ4n) is 1.99. The Bertz CT molecular complexity index is 661. The van der Waals surface area contributed by atoms with E-state index in [4.69, 9.17) is 5.11 Å². The van der Waals surface area contributed by atoms with Gasteiger partial charge in [0.2, 0.25) is 0 Å². The molecule has 0 atom stereocenters. The zero-order chi connectivity index (χ0) is 14.7. The number of rotatable bonds is 4. The zero-order valence-electron chi connectivity index (χ0n) is 11.3. The summed E-state index contributed by atoms with van der Waals surface area (Å²) in [7, 11) is 0. The number of hydrogen-bond donors (Lipinski definition) is 2. The molecule has 0 aliphatic carbocycles. The third kappa shape index (κ3) is 3.45. The Hall–Kier alpha value is -2.14. The number of nitrogens with one attached hydrogen (secondary N) is 1. The number of hydrogen-bond acceptors (Lipinski definition) is 3. The molecule has 0 saturated heterocycles. The molecule has 20 heavy (non-hydrogen) atoms. The molecule has 1 aromatic carbocycles. The summed E-state index contributed by atoms with van der Waals surface area (Å²) in [6.07, 6.45) is -0.0553. The molecule has 1 aromatic heterocycles. The molecule has 5 heteroatoms. The van der Waals surface area contributed by atoms with Gasteiger partial charge in [-0.05, 0) is 37.6 Å². The smallest absolute Gasteiger partial charge is 0.307 e. The first kappa shape index (κ1) is 14.3. The topological polar surface area (TPSA) is 66.4 Å². The summed E-state index contributed by atoms with van der Waals surface area (Å²) in [5.74, 6) is -1.06. The minimum atomic E-state index is -0.891. The molecule has 1 heterocycles. The average molecular weight is 289 g/mol. The van der Waals surface area contributed by atoms with Crippen molar-refractivity contribution in [2.75, 3.05) is 5.32 Å².